The van der Waals surface area contributed by atoms with Gasteiger partial charge in [-0.15, -0.1) is 11.3 Å². The molecule has 0 aliphatic carbocycles. The molecule has 0 N–H and O–H groups in total. The van der Waals surface area contributed by atoms with Crippen LogP contribution in [0.3, 0.4) is 0 Å². The molecular formula is C61H45NOS. The van der Waals surface area contributed by atoms with Gasteiger partial charge in [0.05, 0.1) is 5.70 Å². The molecule has 64 heavy (non-hydrogen) atoms. The zero-order valence-corrected chi connectivity index (χ0v) is 36.8. The van der Waals surface area contributed by atoms with Gasteiger partial charge in [0.1, 0.15) is 11.2 Å². The Morgan fingerprint density at radius 2 is 1.20 bits per heavy atom. The van der Waals surface area contributed by atoms with Gasteiger partial charge in [0.25, 0.3) is 0 Å². The number of hydrogen-bond acceptors (Lipinski definition) is 3. The van der Waals surface area contributed by atoms with Crippen molar-refractivity contribution in [3.05, 3.63) is 216 Å². The lowest BCUT2D eigenvalue weighted by Crippen LogP contribution is -2.04. The summed E-state index contributed by atoms with van der Waals surface area (Å²) in [6, 6.07) is 68.7. The molecule has 1 atom stereocenters. The van der Waals surface area contributed by atoms with Crippen LogP contribution in [0.4, 0.5) is 0 Å². The topological polar surface area (TPSA) is 25.5 Å². The van der Waals surface area contributed by atoms with Crippen LogP contribution >= 0.6 is 11.3 Å². The van der Waals surface area contributed by atoms with Gasteiger partial charge in [0.15, 0.2) is 0 Å². The lowest BCUT2D eigenvalue weighted by atomic mass is 9.84. The predicted molar refractivity (Wildman–Crippen MR) is 275 cm³/mol. The van der Waals surface area contributed by atoms with Crippen molar-refractivity contribution in [1.29, 1.82) is 0 Å². The summed E-state index contributed by atoms with van der Waals surface area (Å²) >= 11 is 1.86. The van der Waals surface area contributed by atoms with E-state index in [0.717, 1.165) is 69.3 Å². The number of nitrogens with zero attached hydrogens (tertiary/aromatic N) is 1. The second-order valence-electron chi connectivity index (χ2n) is 17.3. The van der Waals surface area contributed by atoms with Crippen LogP contribution in [-0.2, 0) is 0 Å². The summed E-state index contributed by atoms with van der Waals surface area (Å²) in [4.78, 5) is 5.80. The van der Waals surface area contributed by atoms with E-state index in [2.05, 4.69) is 208 Å². The van der Waals surface area contributed by atoms with E-state index < -0.39 is 0 Å². The first-order valence-electron chi connectivity index (χ1n) is 22.5. The number of rotatable bonds is 6. The molecule has 1 unspecified atom stereocenters. The van der Waals surface area contributed by atoms with E-state index in [4.69, 9.17) is 9.41 Å². The van der Waals surface area contributed by atoms with Crippen molar-refractivity contribution < 1.29 is 4.42 Å². The number of thiophene rings is 1. The number of hydrogen-bond donors (Lipinski definition) is 0. The minimum Gasteiger partial charge on any atom is -0.456 e. The summed E-state index contributed by atoms with van der Waals surface area (Å²) in [6.45, 7) is 4.66. The molecule has 0 radical (unpaired) electrons. The highest BCUT2D eigenvalue weighted by Crippen LogP contribution is 2.44. The van der Waals surface area contributed by atoms with Crippen molar-refractivity contribution in [1.82, 2.24) is 0 Å². The van der Waals surface area contributed by atoms with E-state index in [1.807, 2.05) is 11.3 Å². The third kappa shape index (κ3) is 6.67. The smallest absolute Gasteiger partial charge is 0.136 e. The quantitative estimate of drug-likeness (QED) is 0.164. The fraction of sp³-hybridized carbons (Fsp3) is 0.0984. The van der Waals surface area contributed by atoms with Gasteiger partial charge < -0.3 is 4.42 Å². The summed E-state index contributed by atoms with van der Waals surface area (Å²) in [5.74, 6) is 0.145. The molecule has 0 bridgehead atoms. The normalized spacial score (nSPS) is 15.8. The Kier molecular flexibility index (Phi) is 9.46. The molecule has 9 aromatic carbocycles. The number of fused-ring (bicyclic) bond motifs is 8. The molecule has 0 saturated heterocycles. The third-order valence-electron chi connectivity index (χ3n) is 13.5. The van der Waals surface area contributed by atoms with Crippen molar-refractivity contribution in [2.45, 2.75) is 33.1 Å². The van der Waals surface area contributed by atoms with Gasteiger partial charge >= 0.3 is 0 Å². The van der Waals surface area contributed by atoms with E-state index in [0.29, 0.717) is 0 Å². The van der Waals surface area contributed by atoms with Gasteiger partial charge in [-0.25, -0.2) is 0 Å². The van der Waals surface area contributed by atoms with Crippen LogP contribution in [0.5, 0.6) is 0 Å². The van der Waals surface area contributed by atoms with Gasteiger partial charge in [-0.05, 0) is 129 Å². The van der Waals surface area contributed by atoms with Gasteiger partial charge in [0, 0.05) is 48.1 Å². The maximum absolute atomic E-state index is 6.82. The molecule has 11 aromatic rings. The first-order chi connectivity index (χ1) is 31.6. The summed E-state index contributed by atoms with van der Waals surface area (Å²) in [7, 11) is 0. The Morgan fingerprint density at radius 3 is 2.08 bits per heavy atom. The van der Waals surface area contributed by atoms with E-state index in [-0.39, 0.29) is 5.92 Å². The largest absolute Gasteiger partial charge is 0.456 e. The van der Waals surface area contributed by atoms with Crippen molar-refractivity contribution in [3.63, 3.8) is 0 Å². The Hall–Kier alpha value is -7.33. The van der Waals surface area contributed by atoms with E-state index in [1.54, 1.807) is 0 Å². The minimum atomic E-state index is 0.145. The number of allylic oxidation sites excluding steroid dienone is 3. The zero-order chi connectivity index (χ0) is 42.7. The van der Waals surface area contributed by atoms with E-state index in [1.165, 1.54) is 75.1 Å². The zero-order valence-electron chi connectivity index (χ0n) is 35.9. The van der Waals surface area contributed by atoms with Crippen LogP contribution in [0.1, 0.15) is 49.8 Å². The standard InChI is InChI=1S/C61H45NOS/c1-3-39-36-55(52-20-12-21-56-60(52)53-31-30-45(37-57(53)63-56)49-18-11-19-51-50-17-9-10-22-58(50)64-61(49)51)62-54(32-23-38(2)59(39)47-29-26-41-15-7-8-16-43(41)33-47)46-28-25-42-24-27-44(34-48(42)35-46)40-13-5-4-6-14-40/h4-22,24-31,33-37,39H,3,23,32H2,1-2H3/b55-36-,59-38?,62-54?. The number of benzene rings is 9. The molecule has 2 nitrogen and oxygen atoms in total. The third-order valence-corrected chi connectivity index (χ3v) is 14.7. The molecular weight excluding hydrogens is 795 g/mol. The molecule has 0 saturated carbocycles. The second kappa shape index (κ2) is 15.8. The summed E-state index contributed by atoms with van der Waals surface area (Å²) in [5.41, 5.74) is 15.0. The fourth-order valence-electron chi connectivity index (χ4n) is 10.2. The monoisotopic (exact) mass is 839 g/mol. The van der Waals surface area contributed by atoms with Crippen molar-refractivity contribution in [2.75, 3.05) is 0 Å². The number of furan rings is 1. The predicted octanol–water partition coefficient (Wildman–Crippen LogP) is 17.7. The van der Waals surface area contributed by atoms with Crippen LogP contribution in [0.25, 0.3) is 97.2 Å². The maximum Gasteiger partial charge on any atom is 0.136 e. The van der Waals surface area contributed by atoms with Crippen LogP contribution in [-0.4, -0.2) is 5.71 Å². The first-order valence-corrected chi connectivity index (χ1v) is 23.3. The molecule has 0 fully saturated rings. The molecule has 3 heteroatoms. The summed E-state index contributed by atoms with van der Waals surface area (Å²) in [6.07, 6.45) is 5.13. The van der Waals surface area contributed by atoms with Gasteiger partial charge in [-0.2, -0.15) is 0 Å². The molecule has 12 rings (SSSR count). The molecule has 0 amide bonds. The van der Waals surface area contributed by atoms with Gasteiger partial charge in [-0.3, -0.25) is 4.99 Å². The average molecular weight is 840 g/mol. The SMILES string of the molecule is CCC1/C=C(/c2cccc3oc4cc(-c5cccc6c5sc5ccccc56)ccc4c23)N=C(c2ccc3ccc(-c4ccccc4)cc3c2)CCC(C)=C1c1ccc2ccccc2c1. The minimum absolute atomic E-state index is 0.145. The molecule has 306 valence electrons. The maximum atomic E-state index is 6.82. The first kappa shape index (κ1) is 38.4. The second-order valence-corrected chi connectivity index (χ2v) is 18.3. The summed E-state index contributed by atoms with van der Waals surface area (Å²) in [5, 5.41) is 9.77. The van der Waals surface area contributed by atoms with Crippen LogP contribution in [0.2, 0.25) is 0 Å². The van der Waals surface area contributed by atoms with Crippen molar-refractivity contribution >= 4 is 92.0 Å². The Bertz CT molecular complexity index is 3730. The Labute approximate surface area is 377 Å². The molecule has 2 aromatic heterocycles. The van der Waals surface area contributed by atoms with Crippen molar-refractivity contribution in [2.24, 2.45) is 10.9 Å². The molecule has 0 spiro atoms. The lowest BCUT2D eigenvalue weighted by Gasteiger charge is -2.21. The van der Waals surface area contributed by atoms with Gasteiger partial charge in [-0.1, -0.05) is 164 Å². The fourth-order valence-corrected chi connectivity index (χ4v) is 11.4. The molecule has 1 aliphatic rings. The number of aliphatic imine (C=N–C) groups is 1. The molecule has 3 heterocycles. The van der Waals surface area contributed by atoms with Crippen LogP contribution in [0, 0.1) is 5.92 Å². The highest BCUT2D eigenvalue weighted by molar-refractivity contribution is 7.26. The summed E-state index contributed by atoms with van der Waals surface area (Å²) < 4.78 is 9.44. The average Bonchev–Trinajstić information content (AvgIpc) is 3.94. The molecule has 1 aliphatic heterocycles. The highest BCUT2D eigenvalue weighted by Gasteiger charge is 2.23. The highest BCUT2D eigenvalue weighted by atomic mass is 32.1. The van der Waals surface area contributed by atoms with E-state index >= 15 is 0 Å². The lowest BCUT2D eigenvalue weighted by molar-refractivity contribution is 0.669. The Balaban J connectivity index is 1.04. The van der Waals surface area contributed by atoms with Crippen LogP contribution in [0.15, 0.2) is 209 Å². The van der Waals surface area contributed by atoms with Crippen LogP contribution < -0.4 is 0 Å². The van der Waals surface area contributed by atoms with Crippen molar-refractivity contribution in [3.8, 4) is 22.3 Å². The van der Waals surface area contributed by atoms with Gasteiger partial charge in [0.2, 0.25) is 0 Å². The van der Waals surface area contributed by atoms with E-state index in [9.17, 15) is 0 Å². The Morgan fingerprint density at radius 1 is 0.516 bits per heavy atom.